The van der Waals surface area contributed by atoms with Crippen LogP contribution in [0.2, 0.25) is 0 Å². The smallest absolute Gasteiger partial charge is 0.0654 e. The molecule has 0 fully saturated rings. The van der Waals surface area contributed by atoms with Gasteiger partial charge in [-0.1, -0.05) is 56.5 Å². The average molecular weight is 365 g/mol. The predicted molar refractivity (Wildman–Crippen MR) is 78.1 cm³/mol. The van der Waals surface area contributed by atoms with Crippen LogP contribution in [0.15, 0.2) is 54.6 Å². The van der Waals surface area contributed by atoms with Crippen molar-refractivity contribution >= 4 is 0 Å². The van der Waals surface area contributed by atoms with Gasteiger partial charge in [-0.3, -0.25) is 0 Å². The summed E-state index contributed by atoms with van der Waals surface area (Å²) in [5.41, 5.74) is 1.50. The second-order valence-corrected chi connectivity index (χ2v) is 7.86. The first-order valence-corrected chi connectivity index (χ1v) is 9.33. The van der Waals surface area contributed by atoms with Gasteiger partial charge in [0.2, 0.25) is 0 Å². The highest BCUT2D eigenvalue weighted by molar-refractivity contribution is 5.14. The highest BCUT2D eigenvalue weighted by Gasteiger charge is 2.13. The minimum absolute atomic E-state index is 0.00366. The van der Waals surface area contributed by atoms with E-state index in [0.717, 1.165) is 0 Å². The summed E-state index contributed by atoms with van der Waals surface area (Å²) in [6.07, 6.45) is 6.64. The summed E-state index contributed by atoms with van der Waals surface area (Å²) in [5, 5.41) is 0. The quantitative estimate of drug-likeness (QED) is 0.520. The normalized spacial score (nSPS) is 10.6. The lowest BCUT2D eigenvalue weighted by atomic mass is 10.1. The molecule has 0 heterocycles. The molecule has 0 atom stereocenters. The summed E-state index contributed by atoms with van der Waals surface area (Å²) < 4.78 is 3.01. The van der Waals surface area contributed by atoms with Gasteiger partial charge in [0.25, 0.3) is 0 Å². The highest BCUT2D eigenvalue weighted by Crippen LogP contribution is 2.07. The van der Waals surface area contributed by atoms with Gasteiger partial charge in [0.05, 0.1) is 0 Å². The Kier molecular flexibility index (Phi) is 6.42. The molecule has 0 radical (unpaired) electrons. The lowest BCUT2D eigenvalue weighted by Crippen LogP contribution is -3.61. The third-order valence-corrected chi connectivity index (χ3v) is 5.87. The van der Waals surface area contributed by atoms with Gasteiger partial charge in [0.1, 0.15) is 0 Å². The van der Waals surface area contributed by atoms with Crippen LogP contribution in [0.3, 0.4) is 0 Å². The number of aryl methyl sites for hydroxylation is 1. The molecule has 2 aromatic carbocycles. The summed E-state index contributed by atoms with van der Waals surface area (Å²) in [7, 11) is 0. The van der Waals surface area contributed by atoms with E-state index < -0.39 is 0 Å². The van der Waals surface area contributed by atoms with Gasteiger partial charge in [-0.15, -0.1) is 0 Å². The molecule has 0 N–H and O–H groups in total. The fourth-order valence-corrected chi connectivity index (χ4v) is 4.29. The third-order valence-electron chi connectivity index (χ3n) is 3.18. The number of rotatable bonds is 7. The van der Waals surface area contributed by atoms with Crippen LogP contribution >= 0.6 is 0 Å². The maximum atomic E-state index is 2.33. The Bertz CT molecular complexity index is 459. The monoisotopic (exact) mass is 365 g/mol. The average Bonchev–Trinajstić information content (AvgIpc) is 2.46. The number of benzene rings is 2. The summed E-state index contributed by atoms with van der Waals surface area (Å²) in [6, 6.07) is 20.2. The maximum absolute atomic E-state index is 2.33. The van der Waals surface area contributed by atoms with Gasteiger partial charge >= 0.3 is 21.2 Å². The Labute approximate surface area is 127 Å². The molecule has 0 spiro atoms. The van der Waals surface area contributed by atoms with Gasteiger partial charge in [-0.05, 0) is 42.7 Å². The first kappa shape index (κ1) is 14.6. The zero-order chi connectivity index (χ0) is 13.3. The van der Waals surface area contributed by atoms with Crippen LogP contribution in [-0.4, -0.2) is 0 Å². The molecule has 0 aliphatic heterocycles. The van der Waals surface area contributed by atoms with Crippen molar-refractivity contribution in [1.29, 1.82) is 0 Å². The van der Waals surface area contributed by atoms with Crippen molar-refractivity contribution in [3.8, 4) is 0 Å². The van der Waals surface area contributed by atoms with Crippen LogP contribution < -0.4 is 21.2 Å². The molecular formula is C18H22I+. The van der Waals surface area contributed by atoms with E-state index in [1.807, 2.05) is 0 Å². The zero-order valence-corrected chi connectivity index (χ0v) is 13.8. The van der Waals surface area contributed by atoms with E-state index in [4.69, 9.17) is 0 Å². The van der Waals surface area contributed by atoms with E-state index >= 15 is 0 Å². The number of halogens is 1. The molecule has 0 unspecified atom stereocenters. The van der Waals surface area contributed by atoms with Crippen LogP contribution in [0.1, 0.15) is 38.2 Å². The van der Waals surface area contributed by atoms with Gasteiger partial charge in [-0.2, -0.15) is 0 Å². The SMILES string of the molecule is CCCCCCc1ccc([I+]c2ccccc2)cc1. The lowest BCUT2D eigenvalue weighted by Gasteiger charge is -2.00. The molecule has 2 aromatic rings. The van der Waals surface area contributed by atoms with Gasteiger partial charge < -0.3 is 0 Å². The minimum atomic E-state index is -0.00366. The lowest BCUT2D eigenvalue weighted by molar-refractivity contribution is -0.597. The largest absolute Gasteiger partial charge is 0.357 e. The minimum Gasteiger partial charge on any atom is -0.0654 e. The number of unbranched alkanes of at least 4 members (excludes halogenated alkanes) is 3. The standard InChI is InChI=1S/C18H22I/c1-2-3-4-6-9-16-12-14-18(15-13-16)19-17-10-7-5-8-11-17/h5,7-8,10-15H,2-4,6,9H2,1H3/q+1. The van der Waals surface area contributed by atoms with Crippen LogP contribution in [-0.2, 0) is 6.42 Å². The molecule has 0 bridgehead atoms. The Hall–Kier alpha value is -0.830. The molecule has 0 aromatic heterocycles. The first-order chi connectivity index (χ1) is 9.38. The maximum Gasteiger partial charge on any atom is 0.357 e. The Morgan fingerprint density at radius 2 is 1.42 bits per heavy atom. The van der Waals surface area contributed by atoms with Crippen LogP contribution in [0.5, 0.6) is 0 Å². The summed E-state index contributed by atoms with van der Waals surface area (Å²) in [5.74, 6) is 0. The van der Waals surface area contributed by atoms with E-state index in [2.05, 4.69) is 61.5 Å². The molecular weight excluding hydrogens is 343 g/mol. The molecule has 19 heavy (non-hydrogen) atoms. The fraction of sp³-hybridized carbons (Fsp3) is 0.333. The summed E-state index contributed by atoms with van der Waals surface area (Å²) in [6.45, 7) is 2.27. The molecule has 0 aliphatic carbocycles. The van der Waals surface area contributed by atoms with Crippen molar-refractivity contribution < 1.29 is 21.2 Å². The topological polar surface area (TPSA) is 0 Å². The van der Waals surface area contributed by atoms with Crippen LogP contribution in [0, 0.1) is 7.14 Å². The van der Waals surface area contributed by atoms with E-state index in [1.54, 1.807) is 0 Å². The molecule has 0 aliphatic rings. The zero-order valence-electron chi connectivity index (χ0n) is 11.6. The third kappa shape index (κ3) is 5.35. The van der Waals surface area contributed by atoms with Crippen molar-refractivity contribution in [2.75, 3.05) is 0 Å². The molecule has 0 nitrogen and oxygen atoms in total. The Balaban J connectivity index is 1.84. The number of hydrogen-bond acceptors (Lipinski definition) is 0. The van der Waals surface area contributed by atoms with Crippen molar-refractivity contribution in [1.82, 2.24) is 0 Å². The van der Waals surface area contributed by atoms with Crippen molar-refractivity contribution in [2.24, 2.45) is 0 Å². The second kappa shape index (κ2) is 8.36. The van der Waals surface area contributed by atoms with Crippen LogP contribution in [0.25, 0.3) is 0 Å². The van der Waals surface area contributed by atoms with Crippen molar-refractivity contribution in [3.05, 3.63) is 67.3 Å². The van der Waals surface area contributed by atoms with Gasteiger partial charge in [0.15, 0.2) is 7.14 Å². The molecule has 100 valence electrons. The molecule has 0 saturated carbocycles. The summed E-state index contributed by atoms with van der Waals surface area (Å²) >= 11 is -0.00366. The first-order valence-electron chi connectivity index (χ1n) is 7.17. The molecule has 2 rings (SSSR count). The van der Waals surface area contributed by atoms with Gasteiger partial charge in [0, 0.05) is 0 Å². The fourth-order valence-electron chi connectivity index (χ4n) is 2.07. The van der Waals surface area contributed by atoms with E-state index in [0.29, 0.717) is 0 Å². The molecule has 1 heteroatoms. The van der Waals surface area contributed by atoms with Crippen molar-refractivity contribution in [2.45, 2.75) is 39.0 Å². The summed E-state index contributed by atoms with van der Waals surface area (Å²) in [4.78, 5) is 0. The van der Waals surface area contributed by atoms with Gasteiger partial charge in [-0.25, -0.2) is 0 Å². The number of hydrogen-bond donors (Lipinski definition) is 0. The predicted octanol–water partition coefficient (Wildman–Crippen LogP) is 1.94. The van der Waals surface area contributed by atoms with E-state index in [1.165, 1.54) is 44.8 Å². The Morgan fingerprint density at radius 1 is 0.737 bits per heavy atom. The van der Waals surface area contributed by atoms with Crippen molar-refractivity contribution in [3.63, 3.8) is 0 Å². The molecule has 0 amide bonds. The molecule has 0 saturated heterocycles. The van der Waals surface area contributed by atoms with Crippen LogP contribution in [0.4, 0.5) is 0 Å². The second-order valence-electron chi connectivity index (χ2n) is 4.83. The highest BCUT2D eigenvalue weighted by atomic mass is 127. The van der Waals surface area contributed by atoms with E-state index in [-0.39, 0.29) is 21.2 Å². The Morgan fingerprint density at radius 3 is 2.11 bits per heavy atom. The van der Waals surface area contributed by atoms with E-state index in [9.17, 15) is 0 Å².